The van der Waals surface area contributed by atoms with Gasteiger partial charge in [-0.05, 0) is 35.4 Å². The predicted molar refractivity (Wildman–Crippen MR) is 107 cm³/mol. The number of carbonyl (C=O) groups is 1. The largest absolute Gasteiger partial charge is 0.380 e. The van der Waals surface area contributed by atoms with Crippen LogP contribution in [-0.4, -0.2) is 36.9 Å². The first kappa shape index (κ1) is 18.7. The third-order valence-electron chi connectivity index (χ3n) is 4.27. The van der Waals surface area contributed by atoms with Crippen LogP contribution in [0, 0.1) is 0 Å². The van der Waals surface area contributed by atoms with Gasteiger partial charge in [-0.25, -0.2) is 4.68 Å². The maximum absolute atomic E-state index is 12.5. The molecule has 27 heavy (non-hydrogen) atoms. The Labute approximate surface area is 159 Å². The van der Waals surface area contributed by atoms with Crippen LogP contribution in [0.25, 0.3) is 0 Å². The highest BCUT2D eigenvalue weighted by molar-refractivity contribution is 6.03. The molecule has 6 nitrogen and oxygen atoms in total. The predicted octanol–water partition coefficient (Wildman–Crippen LogP) is 3.40. The second-order valence-electron chi connectivity index (χ2n) is 6.52. The van der Waals surface area contributed by atoms with Crippen LogP contribution in [0.1, 0.15) is 21.5 Å². The topological polar surface area (TPSA) is 59.4 Å². The number of nitrogens with zero attached hydrogens (tertiary/aromatic N) is 3. The maximum Gasteiger partial charge on any atom is 0.256 e. The summed E-state index contributed by atoms with van der Waals surface area (Å²) in [6.07, 6.45) is 1.69. The standard InChI is InChI=1S/C21H24N4O2/c1-24(2)19-10-6-16(7-11-19)14-25-20(12-13-22-25)23-21(26)18-8-4-17(5-9-18)15-27-3/h4-13H,14-15H2,1-3H3,(H,23,26). The van der Waals surface area contributed by atoms with E-state index in [1.54, 1.807) is 36.2 Å². The number of carbonyl (C=O) groups excluding carboxylic acids is 1. The molecule has 3 rings (SSSR count). The van der Waals surface area contributed by atoms with Gasteiger partial charge < -0.3 is 15.0 Å². The van der Waals surface area contributed by atoms with Crippen LogP contribution in [0.5, 0.6) is 0 Å². The van der Waals surface area contributed by atoms with Gasteiger partial charge >= 0.3 is 0 Å². The molecule has 0 spiro atoms. The van der Waals surface area contributed by atoms with E-state index in [9.17, 15) is 4.79 Å². The van der Waals surface area contributed by atoms with Crippen LogP contribution in [0.4, 0.5) is 11.5 Å². The number of rotatable bonds is 7. The molecule has 0 aliphatic rings. The number of hydrogen-bond acceptors (Lipinski definition) is 4. The SMILES string of the molecule is COCc1ccc(C(=O)Nc2ccnn2Cc2ccc(N(C)C)cc2)cc1. The lowest BCUT2D eigenvalue weighted by Crippen LogP contribution is -2.16. The van der Waals surface area contributed by atoms with Gasteiger partial charge in [0, 0.05) is 38.5 Å². The number of ether oxygens (including phenoxy) is 1. The Morgan fingerprint density at radius 1 is 1.04 bits per heavy atom. The first-order valence-electron chi connectivity index (χ1n) is 8.74. The third kappa shape index (κ3) is 4.74. The number of methoxy groups -OCH3 is 1. The van der Waals surface area contributed by atoms with Crippen molar-refractivity contribution in [2.24, 2.45) is 0 Å². The average molecular weight is 364 g/mol. The van der Waals surface area contributed by atoms with Gasteiger partial charge in [0.25, 0.3) is 5.91 Å². The monoisotopic (exact) mass is 364 g/mol. The summed E-state index contributed by atoms with van der Waals surface area (Å²) < 4.78 is 6.87. The van der Waals surface area contributed by atoms with Gasteiger partial charge in [0.15, 0.2) is 0 Å². The van der Waals surface area contributed by atoms with Crippen molar-refractivity contribution in [3.63, 3.8) is 0 Å². The Kier molecular flexibility index (Phi) is 5.88. The van der Waals surface area contributed by atoms with Gasteiger partial charge in [-0.15, -0.1) is 0 Å². The second-order valence-corrected chi connectivity index (χ2v) is 6.52. The molecule has 0 aliphatic heterocycles. The molecular weight excluding hydrogens is 340 g/mol. The molecule has 1 amide bonds. The molecule has 0 radical (unpaired) electrons. The molecule has 140 valence electrons. The van der Waals surface area contributed by atoms with E-state index in [0.717, 1.165) is 16.8 Å². The fourth-order valence-electron chi connectivity index (χ4n) is 2.74. The first-order chi connectivity index (χ1) is 13.1. The molecule has 0 fully saturated rings. The first-order valence-corrected chi connectivity index (χ1v) is 8.74. The molecule has 0 aliphatic carbocycles. The Bertz CT molecular complexity index is 883. The number of aromatic nitrogens is 2. The van der Waals surface area contributed by atoms with E-state index in [1.807, 2.05) is 26.2 Å². The Morgan fingerprint density at radius 2 is 1.70 bits per heavy atom. The molecular formula is C21H24N4O2. The number of anilines is 2. The van der Waals surface area contributed by atoms with Gasteiger partial charge in [-0.1, -0.05) is 24.3 Å². The molecule has 0 saturated heterocycles. The fourth-order valence-corrected chi connectivity index (χ4v) is 2.74. The van der Waals surface area contributed by atoms with E-state index in [1.165, 1.54) is 0 Å². The molecule has 0 bridgehead atoms. The molecule has 6 heteroatoms. The highest BCUT2D eigenvalue weighted by atomic mass is 16.5. The zero-order valence-corrected chi connectivity index (χ0v) is 15.8. The van der Waals surface area contributed by atoms with Crippen molar-refractivity contribution < 1.29 is 9.53 Å². The minimum Gasteiger partial charge on any atom is -0.380 e. The smallest absolute Gasteiger partial charge is 0.256 e. The lowest BCUT2D eigenvalue weighted by atomic mass is 10.1. The summed E-state index contributed by atoms with van der Waals surface area (Å²) in [5.41, 5.74) is 3.88. The van der Waals surface area contributed by atoms with Crippen molar-refractivity contribution in [1.82, 2.24) is 9.78 Å². The summed E-state index contributed by atoms with van der Waals surface area (Å²) in [4.78, 5) is 14.6. The molecule has 1 heterocycles. The van der Waals surface area contributed by atoms with Crippen molar-refractivity contribution >= 4 is 17.4 Å². The van der Waals surface area contributed by atoms with Crippen molar-refractivity contribution in [2.45, 2.75) is 13.2 Å². The number of nitrogens with one attached hydrogen (secondary N) is 1. The van der Waals surface area contributed by atoms with E-state index in [0.29, 0.717) is 24.5 Å². The van der Waals surface area contributed by atoms with Crippen LogP contribution in [0.3, 0.4) is 0 Å². The third-order valence-corrected chi connectivity index (χ3v) is 4.27. The van der Waals surface area contributed by atoms with Gasteiger partial charge in [0.05, 0.1) is 19.3 Å². The average Bonchev–Trinajstić information content (AvgIpc) is 3.09. The van der Waals surface area contributed by atoms with Crippen molar-refractivity contribution in [1.29, 1.82) is 0 Å². The van der Waals surface area contributed by atoms with Gasteiger partial charge in [0.2, 0.25) is 0 Å². The Morgan fingerprint density at radius 3 is 2.33 bits per heavy atom. The lowest BCUT2D eigenvalue weighted by Gasteiger charge is -2.13. The molecule has 0 unspecified atom stereocenters. The highest BCUT2D eigenvalue weighted by Gasteiger charge is 2.10. The van der Waals surface area contributed by atoms with Crippen molar-refractivity contribution in [3.05, 3.63) is 77.5 Å². The van der Waals surface area contributed by atoms with Crippen LogP contribution >= 0.6 is 0 Å². The quantitative estimate of drug-likeness (QED) is 0.698. The zero-order valence-electron chi connectivity index (χ0n) is 15.8. The Hall–Kier alpha value is -3.12. The molecule has 0 atom stereocenters. The van der Waals surface area contributed by atoms with E-state index in [2.05, 4.69) is 39.6 Å². The summed E-state index contributed by atoms with van der Waals surface area (Å²) >= 11 is 0. The number of amides is 1. The molecule has 3 aromatic rings. The van der Waals surface area contributed by atoms with Gasteiger partial charge in [-0.3, -0.25) is 4.79 Å². The van der Waals surface area contributed by atoms with Crippen LogP contribution < -0.4 is 10.2 Å². The molecule has 0 saturated carbocycles. The summed E-state index contributed by atoms with van der Waals surface area (Å²) in [7, 11) is 5.67. The highest BCUT2D eigenvalue weighted by Crippen LogP contribution is 2.16. The number of benzene rings is 2. The summed E-state index contributed by atoms with van der Waals surface area (Å²) in [6, 6.07) is 17.4. The fraction of sp³-hybridized carbons (Fsp3) is 0.238. The van der Waals surface area contributed by atoms with Crippen molar-refractivity contribution in [3.8, 4) is 0 Å². The van der Waals surface area contributed by atoms with Crippen molar-refractivity contribution in [2.75, 3.05) is 31.4 Å². The molecule has 2 aromatic carbocycles. The van der Waals surface area contributed by atoms with Gasteiger partial charge in [0.1, 0.15) is 5.82 Å². The van der Waals surface area contributed by atoms with Crippen LogP contribution in [0.2, 0.25) is 0 Å². The molecule has 1 aromatic heterocycles. The number of hydrogen-bond donors (Lipinski definition) is 1. The van der Waals surface area contributed by atoms with E-state index >= 15 is 0 Å². The summed E-state index contributed by atoms with van der Waals surface area (Å²) in [6.45, 7) is 1.12. The maximum atomic E-state index is 12.5. The minimum absolute atomic E-state index is 0.163. The molecule has 1 N–H and O–H groups in total. The van der Waals surface area contributed by atoms with E-state index < -0.39 is 0 Å². The van der Waals surface area contributed by atoms with E-state index in [-0.39, 0.29) is 5.91 Å². The second kappa shape index (κ2) is 8.51. The Balaban J connectivity index is 1.68. The lowest BCUT2D eigenvalue weighted by molar-refractivity contribution is 0.102. The van der Waals surface area contributed by atoms with Crippen LogP contribution in [-0.2, 0) is 17.9 Å². The van der Waals surface area contributed by atoms with Gasteiger partial charge in [-0.2, -0.15) is 5.10 Å². The van der Waals surface area contributed by atoms with Crippen LogP contribution in [0.15, 0.2) is 60.8 Å². The summed E-state index contributed by atoms with van der Waals surface area (Å²) in [5.74, 6) is 0.501. The minimum atomic E-state index is -0.163. The zero-order chi connectivity index (χ0) is 19.2. The summed E-state index contributed by atoms with van der Waals surface area (Å²) in [5, 5.41) is 7.26. The van der Waals surface area contributed by atoms with E-state index in [4.69, 9.17) is 4.74 Å². The normalized spacial score (nSPS) is 10.6.